The van der Waals surface area contributed by atoms with E-state index in [0.717, 1.165) is 17.8 Å². The van der Waals surface area contributed by atoms with Gasteiger partial charge in [-0.3, -0.25) is 9.69 Å². The Balaban J connectivity index is 1.94. The van der Waals surface area contributed by atoms with Crippen LogP contribution in [0.15, 0.2) is 34.7 Å². The van der Waals surface area contributed by atoms with Crippen LogP contribution in [0.3, 0.4) is 0 Å². The third-order valence-electron chi connectivity index (χ3n) is 3.08. The van der Waals surface area contributed by atoms with Crippen LogP contribution < -0.4 is 0 Å². The van der Waals surface area contributed by atoms with Crippen molar-refractivity contribution in [2.24, 2.45) is 0 Å². The number of carbonyl (C=O) groups is 1. The van der Waals surface area contributed by atoms with Crippen molar-refractivity contribution in [1.29, 1.82) is 0 Å². The van der Waals surface area contributed by atoms with E-state index in [9.17, 15) is 4.79 Å². The average Bonchev–Trinajstić information content (AvgIpc) is 2.84. The summed E-state index contributed by atoms with van der Waals surface area (Å²) in [7, 11) is 1.97. The molecule has 0 aliphatic carbocycles. The van der Waals surface area contributed by atoms with Crippen molar-refractivity contribution < 1.29 is 4.79 Å². The molecule has 1 heterocycles. The van der Waals surface area contributed by atoms with Gasteiger partial charge in [0, 0.05) is 21.9 Å². The number of Topliss-reactive ketones (excluding diaryl/α,β-unsaturated/α-hetero) is 1. The zero-order chi connectivity index (χ0) is 14.5. The largest absolute Gasteiger partial charge is 0.294 e. The van der Waals surface area contributed by atoms with Crippen molar-refractivity contribution in [3.8, 4) is 0 Å². The van der Waals surface area contributed by atoms with Crippen LogP contribution in [-0.2, 0) is 6.54 Å². The summed E-state index contributed by atoms with van der Waals surface area (Å²) in [5.41, 5.74) is 3.68. The summed E-state index contributed by atoms with van der Waals surface area (Å²) >= 11 is 3.32. The fraction of sp³-hybridized carbons (Fsp3) is 0.333. The lowest BCUT2D eigenvalue weighted by Gasteiger charge is -2.15. The Morgan fingerprint density at radius 2 is 2.05 bits per heavy atom. The van der Waals surface area contributed by atoms with Crippen molar-refractivity contribution in [3.63, 3.8) is 0 Å². The van der Waals surface area contributed by atoms with E-state index in [1.165, 1.54) is 9.77 Å². The summed E-state index contributed by atoms with van der Waals surface area (Å²) in [6.45, 7) is 3.20. The third kappa shape index (κ3) is 3.91. The quantitative estimate of drug-likeness (QED) is 0.604. The Hall–Kier alpha value is -1.17. The maximum absolute atomic E-state index is 12.2. The molecule has 0 spiro atoms. The molecule has 0 saturated carbocycles. The topological polar surface area (TPSA) is 33.2 Å². The van der Waals surface area contributed by atoms with Crippen molar-refractivity contribution >= 4 is 28.9 Å². The number of rotatable bonds is 6. The fourth-order valence-corrected chi connectivity index (χ4v) is 3.16. The van der Waals surface area contributed by atoms with Gasteiger partial charge in [0.2, 0.25) is 0 Å². The molecule has 106 valence electrons. The summed E-state index contributed by atoms with van der Waals surface area (Å²) in [5.74, 6) is 0.155. The third-order valence-corrected chi connectivity index (χ3v) is 4.75. The van der Waals surface area contributed by atoms with Crippen LogP contribution in [0.1, 0.15) is 20.9 Å². The highest BCUT2D eigenvalue weighted by molar-refractivity contribution is 7.98. The second-order valence-electron chi connectivity index (χ2n) is 4.68. The van der Waals surface area contributed by atoms with Gasteiger partial charge >= 0.3 is 0 Å². The predicted octanol–water partition coefficient (Wildman–Crippen LogP) is 3.49. The molecule has 0 atom stereocenters. The highest BCUT2D eigenvalue weighted by Gasteiger charge is 2.11. The molecular weight excluding hydrogens is 288 g/mol. The molecule has 0 bridgehead atoms. The number of aromatic nitrogens is 1. The second kappa shape index (κ2) is 7.02. The number of thioether (sulfide) groups is 1. The van der Waals surface area contributed by atoms with Crippen LogP contribution >= 0.6 is 23.1 Å². The van der Waals surface area contributed by atoms with Gasteiger partial charge in [-0.2, -0.15) is 0 Å². The molecule has 1 aromatic heterocycles. The van der Waals surface area contributed by atoms with E-state index in [0.29, 0.717) is 6.54 Å². The van der Waals surface area contributed by atoms with Crippen LogP contribution in [0.25, 0.3) is 0 Å². The van der Waals surface area contributed by atoms with Crippen molar-refractivity contribution in [1.82, 2.24) is 9.88 Å². The predicted molar refractivity (Wildman–Crippen MR) is 85.7 cm³/mol. The van der Waals surface area contributed by atoms with Crippen molar-refractivity contribution in [2.45, 2.75) is 18.4 Å². The highest BCUT2D eigenvalue weighted by Crippen LogP contribution is 2.16. The van der Waals surface area contributed by atoms with Gasteiger partial charge in [0.25, 0.3) is 0 Å². The van der Waals surface area contributed by atoms with Gasteiger partial charge in [-0.1, -0.05) is 12.1 Å². The number of hydrogen-bond donors (Lipinski definition) is 0. The molecule has 5 heteroatoms. The minimum absolute atomic E-state index is 0.155. The lowest BCUT2D eigenvalue weighted by Crippen LogP contribution is -2.25. The minimum atomic E-state index is 0.155. The number of nitrogens with zero attached hydrogens (tertiary/aromatic N) is 2. The number of benzene rings is 1. The van der Waals surface area contributed by atoms with Crippen LogP contribution in [-0.4, -0.2) is 35.5 Å². The van der Waals surface area contributed by atoms with E-state index in [2.05, 4.69) is 4.98 Å². The van der Waals surface area contributed by atoms with E-state index in [4.69, 9.17) is 0 Å². The normalized spacial score (nSPS) is 11.0. The molecule has 20 heavy (non-hydrogen) atoms. The fourth-order valence-electron chi connectivity index (χ4n) is 1.89. The first kappa shape index (κ1) is 15.2. The Labute approximate surface area is 128 Å². The molecule has 0 amide bonds. The molecule has 0 fully saturated rings. The molecule has 0 saturated heterocycles. The Kier molecular flexibility index (Phi) is 5.34. The Morgan fingerprint density at radius 3 is 2.60 bits per heavy atom. The molecule has 3 nitrogen and oxygen atoms in total. The van der Waals surface area contributed by atoms with Crippen LogP contribution in [0.5, 0.6) is 0 Å². The molecule has 0 aliphatic rings. The minimum Gasteiger partial charge on any atom is -0.294 e. The molecule has 0 radical (unpaired) electrons. The van der Waals surface area contributed by atoms with Crippen LogP contribution in [0.4, 0.5) is 0 Å². The number of aryl methyl sites for hydroxylation is 1. The average molecular weight is 306 g/mol. The summed E-state index contributed by atoms with van der Waals surface area (Å²) in [6, 6.07) is 7.79. The first-order valence-corrected chi connectivity index (χ1v) is 8.45. The summed E-state index contributed by atoms with van der Waals surface area (Å²) in [5, 5.41) is 0. The number of thiazole rings is 1. The zero-order valence-corrected chi connectivity index (χ0v) is 13.6. The monoisotopic (exact) mass is 306 g/mol. The first-order chi connectivity index (χ1) is 9.60. The van der Waals surface area contributed by atoms with Gasteiger partial charge < -0.3 is 0 Å². The van der Waals surface area contributed by atoms with E-state index in [1.54, 1.807) is 23.1 Å². The van der Waals surface area contributed by atoms with Gasteiger partial charge in [0.1, 0.15) is 0 Å². The Bertz CT molecular complexity index is 578. The summed E-state index contributed by atoms with van der Waals surface area (Å²) < 4.78 is 0. The smallest absolute Gasteiger partial charge is 0.176 e. The molecule has 1 aromatic carbocycles. The maximum Gasteiger partial charge on any atom is 0.176 e. The van der Waals surface area contributed by atoms with Gasteiger partial charge in [-0.05, 0) is 32.4 Å². The number of ketones is 1. The molecule has 0 aliphatic heterocycles. The maximum atomic E-state index is 12.2. The van der Waals surface area contributed by atoms with Gasteiger partial charge in [-0.25, -0.2) is 4.98 Å². The zero-order valence-electron chi connectivity index (χ0n) is 11.9. The molecule has 0 N–H and O–H groups in total. The highest BCUT2D eigenvalue weighted by atomic mass is 32.2. The standard InChI is InChI=1S/C15H18N2OS2/c1-11-15(20-10-16-11)9-17(2)8-14(18)12-4-6-13(19-3)7-5-12/h4-7,10H,8-9H2,1-3H3. The second-order valence-corrected chi connectivity index (χ2v) is 6.50. The van der Waals surface area contributed by atoms with Gasteiger partial charge in [0.05, 0.1) is 17.7 Å². The molecule has 2 aromatic rings. The lowest BCUT2D eigenvalue weighted by atomic mass is 10.1. The number of carbonyl (C=O) groups excluding carboxylic acids is 1. The molecule has 2 rings (SSSR count). The van der Waals surface area contributed by atoms with Crippen LogP contribution in [0.2, 0.25) is 0 Å². The molecular formula is C15H18N2OS2. The lowest BCUT2D eigenvalue weighted by molar-refractivity contribution is 0.0943. The SMILES string of the molecule is CSc1ccc(C(=O)CN(C)Cc2scnc2C)cc1. The van der Waals surface area contributed by atoms with Crippen molar-refractivity contribution in [3.05, 3.63) is 45.9 Å². The van der Waals surface area contributed by atoms with Crippen molar-refractivity contribution in [2.75, 3.05) is 19.8 Å². The van der Waals surface area contributed by atoms with E-state index >= 15 is 0 Å². The van der Waals surface area contributed by atoms with Crippen LogP contribution in [0, 0.1) is 6.92 Å². The summed E-state index contributed by atoms with van der Waals surface area (Å²) in [6.07, 6.45) is 2.03. The number of hydrogen-bond acceptors (Lipinski definition) is 5. The van der Waals surface area contributed by atoms with Gasteiger partial charge in [-0.15, -0.1) is 23.1 Å². The van der Waals surface area contributed by atoms with E-state index in [-0.39, 0.29) is 5.78 Å². The summed E-state index contributed by atoms with van der Waals surface area (Å²) in [4.78, 5) is 20.9. The number of likely N-dealkylation sites (N-methyl/N-ethyl adjacent to an activating group) is 1. The molecule has 0 unspecified atom stereocenters. The Morgan fingerprint density at radius 1 is 1.35 bits per heavy atom. The van der Waals surface area contributed by atoms with E-state index in [1.807, 2.05) is 54.9 Å². The first-order valence-electron chi connectivity index (χ1n) is 6.35. The van der Waals surface area contributed by atoms with E-state index < -0.39 is 0 Å². The van der Waals surface area contributed by atoms with Gasteiger partial charge in [0.15, 0.2) is 5.78 Å².